The number of hydrogen-bond donors (Lipinski definition) is 1. The largest absolute Gasteiger partial charge is 0.417 e. The van der Waals surface area contributed by atoms with Crippen molar-refractivity contribution in [2.24, 2.45) is 0 Å². The summed E-state index contributed by atoms with van der Waals surface area (Å²) >= 11 is 0. The number of hydrogen-bond acceptors (Lipinski definition) is 3. The number of allylic oxidation sites excluding steroid dienone is 1. The first-order chi connectivity index (χ1) is 6.24. The Morgan fingerprint density at radius 2 is 2.38 bits per heavy atom. The van der Waals surface area contributed by atoms with Crippen LogP contribution in [0.3, 0.4) is 0 Å². The second-order valence-electron chi connectivity index (χ2n) is 2.28. The van der Waals surface area contributed by atoms with Gasteiger partial charge >= 0.3 is 5.97 Å². The summed E-state index contributed by atoms with van der Waals surface area (Å²) in [4.78, 5) is 24.3. The first-order valence-electron chi connectivity index (χ1n) is 3.76. The van der Waals surface area contributed by atoms with Crippen LogP contribution in [0, 0.1) is 0 Å². The van der Waals surface area contributed by atoms with Gasteiger partial charge in [0.25, 0.3) is 5.56 Å². The maximum atomic E-state index is 11.0. The highest BCUT2D eigenvalue weighted by atomic mass is 16.5. The average Bonchev–Trinajstić information content (AvgIpc) is 2.09. The third-order valence-electron chi connectivity index (χ3n) is 1.30. The molecule has 1 N–H and O–H groups in total. The molecule has 0 bridgehead atoms. The molecule has 0 saturated heterocycles. The first-order valence-corrected chi connectivity index (χ1v) is 3.76. The van der Waals surface area contributed by atoms with E-state index in [0.717, 1.165) is 0 Å². The molecule has 0 aliphatic rings. The van der Waals surface area contributed by atoms with E-state index in [1.54, 1.807) is 19.1 Å². The van der Waals surface area contributed by atoms with Gasteiger partial charge in [-0.2, -0.15) is 0 Å². The molecule has 0 atom stereocenters. The maximum Gasteiger partial charge on any atom is 0.336 e. The van der Waals surface area contributed by atoms with E-state index in [4.69, 9.17) is 4.74 Å². The molecule has 0 saturated carbocycles. The van der Waals surface area contributed by atoms with E-state index in [0.29, 0.717) is 0 Å². The number of ether oxygens (including phenoxy) is 1. The van der Waals surface area contributed by atoms with Crippen molar-refractivity contribution in [3.63, 3.8) is 0 Å². The van der Waals surface area contributed by atoms with Crippen LogP contribution in [0.15, 0.2) is 35.3 Å². The van der Waals surface area contributed by atoms with Crippen LogP contribution in [-0.2, 0) is 4.79 Å². The van der Waals surface area contributed by atoms with E-state index >= 15 is 0 Å². The highest BCUT2D eigenvalue weighted by molar-refractivity contribution is 5.83. The van der Waals surface area contributed by atoms with E-state index in [1.165, 1.54) is 18.3 Å². The van der Waals surface area contributed by atoms with E-state index in [2.05, 4.69) is 4.98 Å². The van der Waals surface area contributed by atoms with Crippen molar-refractivity contribution in [3.8, 4) is 5.75 Å². The second kappa shape index (κ2) is 4.25. The number of carbonyl (C=O) groups excluding carboxylic acids is 1. The molecule has 1 rings (SSSR count). The number of esters is 1. The van der Waals surface area contributed by atoms with Crippen molar-refractivity contribution in [1.29, 1.82) is 0 Å². The predicted octanol–water partition coefficient (Wildman–Crippen LogP) is 0.856. The average molecular weight is 179 g/mol. The lowest BCUT2D eigenvalue weighted by Gasteiger charge is -1.97. The van der Waals surface area contributed by atoms with Gasteiger partial charge in [0.05, 0.1) is 0 Å². The van der Waals surface area contributed by atoms with Gasteiger partial charge in [-0.25, -0.2) is 4.79 Å². The van der Waals surface area contributed by atoms with Crippen LogP contribution in [0.2, 0.25) is 0 Å². The SMILES string of the molecule is CC=CC(=O)Oc1ccc[nH]c1=O. The molecule has 13 heavy (non-hydrogen) atoms. The molecule has 1 aromatic rings. The molecule has 1 aromatic heterocycles. The highest BCUT2D eigenvalue weighted by Crippen LogP contribution is 1.99. The Morgan fingerprint density at radius 1 is 1.62 bits per heavy atom. The van der Waals surface area contributed by atoms with Gasteiger partial charge in [0.15, 0.2) is 5.75 Å². The minimum atomic E-state index is -0.556. The summed E-state index contributed by atoms with van der Waals surface area (Å²) in [5.74, 6) is -0.551. The van der Waals surface area contributed by atoms with E-state index in [1.807, 2.05) is 0 Å². The zero-order chi connectivity index (χ0) is 9.68. The van der Waals surface area contributed by atoms with Crippen LogP contribution in [0.25, 0.3) is 0 Å². The van der Waals surface area contributed by atoms with Crippen molar-refractivity contribution in [1.82, 2.24) is 4.98 Å². The maximum absolute atomic E-state index is 11.0. The molecule has 0 aromatic carbocycles. The molecular formula is C9H9NO3. The van der Waals surface area contributed by atoms with Crippen molar-refractivity contribution in [3.05, 3.63) is 40.8 Å². The zero-order valence-corrected chi connectivity index (χ0v) is 7.11. The number of rotatable bonds is 2. The normalized spacial score (nSPS) is 10.2. The topological polar surface area (TPSA) is 59.2 Å². The van der Waals surface area contributed by atoms with Crippen LogP contribution in [-0.4, -0.2) is 11.0 Å². The van der Waals surface area contributed by atoms with Crippen molar-refractivity contribution in [2.75, 3.05) is 0 Å². The number of aromatic amines is 1. The Hall–Kier alpha value is -1.84. The van der Waals surface area contributed by atoms with Gasteiger partial charge in [0.2, 0.25) is 0 Å². The van der Waals surface area contributed by atoms with Gasteiger partial charge in [-0.05, 0) is 19.1 Å². The van der Waals surface area contributed by atoms with Gasteiger partial charge in [-0.3, -0.25) is 4.79 Å². The fourth-order valence-corrected chi connectivity index (χ4v) is 0.765. The standard InChI is InChI=1S/C9H9NO3/c1-2-4-8(11)13-7-5-3-6-10-9(7)12/h2-6H,1H3,(H,10,12). The molecule has 4 heteroatoms. The lowest BCUT2D eigenvalue weighted by molar-refractivity contribution is -0.129. The summed E-state index contributed by atoms with van der Waals surface area (Å²) in [5.41, 5.74) is -0.416. The number of H-pyrrole nitrogens is 1. The van der Waals surface area contributed by atoms with Crippen molar-refractivity contribution >= 4 is 5.97 Å². The summed E-state index contributed by atoms with van der Waals surface area (Å²) in [6.45, 7) is 1.69. The molecule has 4 nitrogen and oxygen atoms in total. The summed E-state index contributed by atoms with van der Waals surface area (Å²) in [5, 5.41) is 0. The van der Waals surface area contributed by atoms with Gasteiger partial charge in [0, 0.05) is 12.3 Å². The van der Waals surface area contributed by atoms with Gasteiger partial charge in [-0.1, -0.05) is 6.08 Å². The Bertz CT molecular complexity index is 378. The Morgan fingerprint density at radius 3 is 3.00 bits per heavy atom. The molecule has 0 amide bonds. The van der Waals surface area contributed by atoms with Gasteiger partial charge in [0.1, 0.15) is 0 Å². The molecule has 68 valence electrons. The fraction of sp³-hybridized carbons (Fsp3) is 0.111. The zero-order valence-electron chi connectivity index (χ0n) is 7.11. The second-order valence-corrected chi connectivity index (χ2v) is 2.28. The van der Waals surface area contributed by atoms with Crippen LogP contribution in [0.4, 0.5) is 0 Å². The van der Waals surface area contributed by atoms with Crippen molar-refractivity contribution < 1.29 is 9.53 Å². The molecule has 0 aliphatic heterocycles. The lowest BCUT2D eigenvalue weighted by Crippen LogP contribution is -2.13. The summed E-state index contributed by atoms with van der Waals surface area (Å²) in [6, 6.07) is 3.01. The Labute approximate surface area is 74.9 Å². The molecule has 0 fully saturated rings. The van der Waals surface area contributed by atoms with Crippen molar-refractivity contribution in [2.45, 2.75) is 6.92 Å². The fourth-order valence-electron chi connectivity index (χ4n) is 0.765. The summed E-state index contributed by atoms with van der Waals surface area (Å²) in [7, 11) is 0. The molecule has 0 spiro atoms. The van der Waals surface area contributed by atoms with Crippen LogP contribution < -0.4 is 10.3 Å². The highest BCUT2D eigenvalue weighted by Gasteiger charge is 2.02. The molecule has 0 radical (unpaired) electrons. The number of nitrogens with one attached hydrogen (secondary N) is 1. The van der Waals surface area contributed by atoms with E-state index in [9.17, 15) is 9.59 Å². The number of pyridine rings is 1. The Balaban J connectivity index is 2.81. The van der Waals surface area contributed by atoms with E-state index in [-0.39, 0.29) is 5.75 Å². The molecular weight excluding hydrogens is 170 g/mol. The molecule has 0 aliphatic carbocycles. The summed E-state index contributed by atoms with van der Waals surface area (Å²) < 4.78 is 4.72. The minimum Gasteiger partial charge on any atom is -0.417 e. The van der Waals surface area contributed by atoms with Crippen LogP contribution >= 0.6 is 0 Å². The Kier molecular flexibility index (Phi) is 3.03. The smallest absolute Gasteiger partial charge is 0.336 e. The quantitative estimate of drug-likeness (QED) is 0.541. The lowest BCUT2D eigenvalue weighted by atomic mass is 10.4. The van der Waals surface area contributed by atoms with Crippen LogP contribution in [0.5, 0.6) is 5.75 Å². The monoisotopic (exact) mass is 179 g/mol. The van der Waals surface area contributed by atoms with E-state index < -0.39 is 11.5 Å². The molecule has 1 heterocycles. The first kappa shape index (κ1) is 9.25. The minimum absolute atomic E-state index is 0.00519. The molecule has 0 unspecified atom stereocenters. The van der Waals surface area contributed by atoms with Crippen LogP contribution in [0.1, 0.15) is 6.92 Å². The number of carbonyl (C=O) groups is 1. The third kappa shape index (κ3) is 2.59. The summed E-state index contributed by atoms with van der Waals surface area (Å²) in [6.07, 6.45) is 4.25. The predicted molar refractivity (Wildman–Crippen MR) is 47.5 cm³/mol. The van der Waals surface area contributed by atoms with Gasteiger partial charge < -0.3 is 9.72 Å². The number of aromatic nitrogens is 1. The third-order valence-corrected chi connectivity index (χ3v) is 1.30. The van der Waals surface area contributed by atoms with Gasteiger partial charge in [-0.15, -0.1) is 0 Å².